The van der Waals surface area contributed by atoms with Crippen LogP contribution >= 0.6 is 23.2 Å². The normalized spacial score (nSPS) is 19.6. The van der Waals surface area contributed by atoms with Crippen molar-refractivity contribution in [1.29, 1.82) is 0 Å². The van der Waals surface area contributed by atoms with Crippen LogP contribution in [0.2, 0.25) is 10.0 Å². The fraction of sp³-hybridized carbons (Fsp3) is 0.222. The number of halogens is 5. The molecule has 27 heavy (non-hydrogen) atoms. The minimum atomic E-state index is -4.81. The molecule has 3 rings (SSSR count). The smallest absolute Gasteiger partial charge is 0.417 e. The number of hydrogen-bond acceptors (Lipinski definition) is 3. The standard InChI is InChI=1S/C18H12Cl2F3NO3/c1-17(10-5-11(19)7-12(20)6-10)8-15(24-27-17)9-2-3-13(16(25)26)14(4-9)18(21,22)23/h2-7H,8H2,1H3,(H,25,26). The van der Waals surface area contributed by atoms with Gasteiger partial charge in [0.1, 0.15) is 0 Å². The molecule has 0 saturated heterocycles. The van der Waals surface area contributed by atoms with Crippen molar-refractivity contribution >= 4 is 34.9 Å². The molecule has 4 nitrogen and oxygen atoms in total. The number of carbonyl (C=O) groups is 1. The van der Waals surface area contributed by atoms with Crippen LogP contribution in [-0.4, -0.2) is 16.8 Å². The maximum atomic E-state index is 13.2. The number of benzene rings is 2. The van der Waals surface area contributed by atoms with Crippen LogP contribution in [0.3, 0.4) is 0 Å². The van der Waals surface area contributed by atoms with Gasteiger partial charge in [-0.25, -0.2) is 4.79 Å². The molecular weight excluding hydrogens is 406 g/mol. The van der Waals surface area contributed by atoms with Crippen molar-refractivity contribution in [3.05, 3.63) is 68.7 Å². The Hall–Kier alpha value is -2.25. The van der Waals surface area contributed by atoms with Gasteiger partial charge in [-0.3, -0.25) is 0 Å². The summed E-state index contributed by atoms with van der Waals surface area (Å²) in [5.74, 6) is -1.66. The number of carboxylic acid groups (broad SMARTS) is 1. The molecule has 0 amide bonds. The highest BCUT2D eigenvalue weighted by atomic mass is 35.5. The number of alkyl halides is 3. The van der Waals surface area contributed by atoms with Gasteiger partial charge >= 0.3 is 12.1 Å². The fourth-order valence-corrected chi connectivity index (χ4v) is 3.38. The molecule has 9 heteroatoms. The summed E-state index contributed by atoms with van der Waals surface area (Å²) in [6.45, 7) is 1.71. The molecule has 1 aliphatic rings. The SMILES string of the molecule is CC1(c2cc(Cl)cc(Cl)c2)CC(c2ccc(C(=O)O)c(C(F)(F)F)c2)=NO1. The predicted octanol–water partition coefficient (Wildman–Crippen LogP) is 5.75. The molecule has 0 aliphatic carbocycles. The van der Waals surface area contributed by atoms with Gasteiger partial charge in [0.15, 0.2) is 5.60 Å². The first-order valence-corrected chi connectivity index (χ1v) is 8.42. The van der Waals surface area contributed by atoms with E-state index in [-0.39, 0.29) is 17.7 Å². The molecule has 0 radical (unpaired) electrons. The summed E-state index contributed by atoms with van der Waals surface area (Å²) >= 11 is 12.0. The van der Waals surface area contributed by atoms with E-state index in [1.807, 2.05) is 0 Å². The van der Waals surface area contributed by atoms with Crippen molar-refractivity contribution < 1.29 is 27.9 Å². The van der Waals surface area contributed by atoms with Gasteiger partial charge in [-0.15, -0.1) is 0 Å². The predicted molar refractivity (Wildman–Crippen MR) is 94.5 cm³/mol. The molecule has 2 aromatic rings. The zero-order chi connectivity index (χ0) is 20.0. The molecular formula is C18H12Cl2F3NO3. The van der Waals surface area contributed by atoms with Crippen molar-refractivity contribution in [2.24, 2.45) is 5.16 Å². The summed E-state index contributed by atoms with van der Waals surface area (Å²) < 4.78 is 39.7. The lowest BCUT2D eigenvalue weighted by molar-refractivity contribution is -0.138. The molecule has 0 spiro atoms. The van der Waals surface area contributed by atoms with Crippen LogP contribution in [0.1, 0.15) is 40.4 Å². The summed E-state index contributed by atoms with van der Waals surface area (Å²) in [6, 6.07) is 7.78. The summed E-state index contributed by atoms with van der Waals surface area (Å²) in [4.78, 5) is 16.6. The zero-order valence-electron chi connectivity index (χ0n) is 13.8. The molecule has 0 saturated carbocycles. The Morgan fingerprint density at radius 2 is 1.81 bits per heavy atom. The van der Waals surface area contributed by atoms with Crippen molar-refractivity contribution in [3.8, 4) is 0 Å². The lowest BCUT2D eigenvalue weighted by atomic mass is 9.88. The second-order valence-electron chi connectivity index (χ2n) is 6.26. The van der Waals surface area contributed by atoms with E-state index in [0.717, 1.165) is 12.1 Å². The first-order valence-electron chi connectivity index (χ1n) is 7.66. The van der Waals surface area contributed by atoms with E-state index >= 15 is 0 Å². The van der Waals surface area contributed by atoms with Gasteiger partial charge in [-0.2, -0.15) is 13.2 Å². The first-order chi connectivity index (χ1) is 12.5. The summed E-state index contributed by atoms with van der Waals surface area (Å²) in [7, 11) is 0. The fourth-order valence-electron chi connectivity index (χ4n) is 2.85. The van der Waals surface area contributed by atoms with E-state index in [4.69, 9.17) is 33.1 Å². The molecule has 1 atom stereocenters. The van der Waals surface area contributed by atoms with Crippen LogP contribution in [0.25, 0.3) is 0 Å². The number of oxime groups is 1. The van der Waals surface area contributed by atoms with Gasteiger partial charge in [0.25, 0.3) is 0 Å². The average Bonchev–Trinajstić information content (AvgIpc) is 2.96. The molecule has 2 aromatic carbocycles. The number of aromatic carboxylic acids is 1. The molecule has 0 bridgehead atoms. The molecule has 0 aromatic heterocycles. The van der Waals surface area contributed by atoms with Crippen LogP contribution in [0.15, 0.2) is 41.6 Å². The van der Waals surface area contributed by atoms with E-state index < -0.39 is 28.9 Å². The van der Waals surface area contributed by atoms with Gasteiger partial charge in [0.2, 0.25) is 0 Å². The molecule has 1 heterocycles. The quantitative estimate of drug-likeness (QED) is 0.691. The van der Waals surface area contributed by atoms with E-state index in [2.05, 4.69) is 5.16 Å². The van der Waals surface area contributed by atoms with Crippen LogP contribution in [0.4, 0.5) is 13.2 Å². The van der Waals surface area contributed by atoms with Gasteiger partial charge in [-0.05, 0) is 37.3 Å². The van der Waals surface area contributed by atoms with Crippen molar-refractivity contribution in [2.75, 3.05) is 0 Å². The Kier molecular flexibility index (Phi) is 4.86. The number of carboxylic acids is 1. The van der Waals surface area contributed by atoms with E-state index in [0.29, 0.717) is 15.6 Å². The largest absolute Gasteiger partial charge is 0.478 e. The first kappa shape index (κ1) is 19.5. The monoisotopic (exact) mass is 417 g/mol. The zero-order valence-corrected chi connectivity index (χ0v) is 15.3. The number of hydrogen-bond donors (Lipinski definition) is 1. The third kappa shape index (κ3) is 3.89. The van der Waals surface area contributed by atoms with Crippen LogP contribution in [0.5, 0.6) is 0 Å². The third-order valence-electron chi connectivity index (χ3n) is 4.22. The maximum Gasteiger partial charge on any atom is 0.417 e. The van der Waals surface area contributed by atoms with E-state index in [9.17, 15) is 18.0 Å². The lowest BCUT2D eigenvalue weighted by Gasteiger charge is -2.22. The maximum absolute atomic E-state index is 13.2. The molecule has 0 fully saturated rings. The minimum absolute atomic E-state index is 0.129. The van der Waals surface area contributed by atoms with E-state index in [1.165, 1.54) is 6.07 Å². The summed E-state index contributed by atoms with van der Waals surface area (Å²) in [6.07, 6.45) is -4.65. The highest BCUT2D eigenvalue weighted by Gasteiger charge is 2.39. The number of nitrogens with zero attached hydrogens (tertiary/aromatic N) is 1. The van der Waals surface area contributed by atoms with Gasteiger partial charge in [0, 0.05) is 27.6 Å². The van der Waals surface area contributed by atoms with E-state index in [1.54, 1.807) is 25.1 Å². The van der Waals surface area contributed by atoms with Crippen molar-refractivity contribution in [2.45, 2.75) is 25.1 Å². The Labute approximate surface area is 162 Å². The average molecular weight is 418 g/mol. The second-order valence-corrected chi connectivity index (χ2v) is 7.13. The van der Waals surface area contributed by atoms with Crippen LogP contribution in [-0.2, 0) is 16.6 Å². The topological polar surface area (TPSA) is 58.9 Å². The highest BCUT2D eigenvalue weighted by molar-refractivity contribution is 6.34. The van der Waals surface area contributed by atoms with Crippen molar-refractivity contribution in [3.63, 3.8) is 0 Å². The summed E-state index contributed by atoms with van der Waals surface area (Å²) in [5, 5.41) is 13.7. The third-order valence-corrected chi connectivity index (χ3v) is 4.66. The Balaban J connectivity index is 1.96. The second kappa shape index (κ2) is 6.73. The number of rotatable bonds is 3. The lowest BCUT2D eigenvalue weighted by Crippen LogP contribution is -2.22. The Morgan fingerprint density at radius 3 is 2.37 bits per heavy atom. The molecule has 1 unspecified atom stereocenters. The Bertz CT molecular complexity index is 939. The van der Waals surface area contributed by atoms with Crippen LogP contribution in [0, 0.1) is 0 Å². The highest BCUT2D eigenvalue weighted by Crippen LogP contribution is 2.39. The van der Waals surface area contributed by atoms with Gasteiger partial charge < -0.3 is 9.94 Å². The minimum Gasteiger partial charge on any atom is -0.478 e. The molecule has 1 N–H and O–H groups in total. The van der Waals surface area contributed by atoms with Crippen molar-refractivity contribution in [1.82, 2.24) is 0 Å². The van der Waals surface area contributed by atoms with Gasteiger partial charge in [0.05, 0.1) is 16.8 Å². The Morgan fingerprint density at radius 1 is 1.19 bits per heavy atom. The van der Waals surface area contributed by atoms with Crippen LogP contribution < -0.4 is 0 Å². The van der Waals surface area contributed by atoms with Gasteiger partial charge in [-0.1, -0.05) is 34.4 Å². The molecule has 1 aliphatic heterocycles. The molecule has 142 valence electrons. The summed E-state index contributed by atoms with van der Waals surface area (Å²) in [5.41, 5.74) is -2.02.